The molecule has 1 aromatic carbocycles. The van der Waals surface area contributed by atoms with Gasteiger partial charge in [0.2, 0.25) is 0 Å². The van der Waals surface area contributed by atoms with E-state index in [1.807, 2.05) is 6.07 Å². The van der Waals surface area contributed by atoms with Crippen LogP contribution in [-0.2, 0) is 20.9 Å². The van der Waals surface area contributed by atoms with Crippen LogP contribution in [0.3, 0.4) is 0 Å². The highest BCUT2D eigenvalue weighted by Crippen LogP contribution is 2.32. The van der Waals surface area contributed by atoms with Crippen molar-refractivity contribution < 1.29 is 27.8 Å². The van der Waals surface area contributed by atoms with E-state index in [2.05, 4.69) is 4.74 Å². The van der Waals surface area contributed by atoms with Gasteiger partial charge in [-0.15, -0.1) is 0 Å². The van der Waals surface area contributed by atoms with E-state index in [0.717, 1.165) is 10.5 Å². The Bertz CT molecular complexity index is 550. The third kappa shape index (κ3) is 5.19. The van der Waals surface area contributed by atoms with Crippen LogP contribution >= 0.6 is 0 Å². The van der Waals surface area contributed by atoms with Crippen molar-refractivity contribution in [3.8, 4) is 0 Å². The van der Waals surface area contributed by atoms with Crippen LogP contribution in [0.5, 0.6) is 0 Å². The van der Waals surface area contributed by atoms with Crippen LogP contribution in [0, 0.1) is 5.92 Å². The zero-order valence-corrected chi connectivity index (χ0v) is 12.8. The SMILES string of the molecule is COC(=O)CC1CN(C(=O)OCc2ccccc2)CC(F)(F)C1. The molecule has 1 aromatic rings. The van der Waals surface area contributed by atoms with E-state index in [9.17, 15) is 18.4 Å². The number of ether oxygens (including phenoxy) is 2. The predicted octanol–water partition coefficient (Wildman–Crippen LogP) is 2.84. The van der Waals surface area contributed by atoms with Gasteiger partial charge in [0.1, 0.15) is 6.61 Å². The van der Waals surface area contributed by atoms with E-state index in [1.165, 1.54) is 7.11 Å². The van der Waals surface area contributed by atoms with Crippen molar-refractivity contribution in [2.75, 3.05) is 20.2 Å². The van der Waals surface area contributed by atoms with Gasteiger partial charge < -0.3 is 14.4 Å². The molecule has 1 aliphatic heterocycles. The molecule has 1 atom stereocenters. The van der Waals surface area contributed by atoms with Gasteiger partial charge in [0.15, 0.2) is 0 Å². The number of alkyl halides is 2. The lowest BCUT2D eigenvalue weighted by Gasteiger charge is -2.36. The second-order valence-corrected chi connectivity index (χ2v) is 5.63. The Balaban J connectivity index is 1.94. The van der Waals surface area contributed by atoms with Crippen molar-refractivity contribution in [1.82, 2.24) is 4.90 Å². The molecule has 126 valence electrons. The molecule has 0 bridgehead atoms. The molecular formula is C16H19F2NO4. The molecule has 1 amide bonds. The van der Waals surface area contributed by atoms with E-state index in [4.69, 9.17) is 4.74 Å². The highest BCUT2D eigenvalue weighted by molar-refractivity contribution is 5.70. The largest absolute Gasteiger partial charge is 0.469 e. The number of hydrogen-bond donors (Lipinski definition) is 0. The van der Waals surface area contributed by atoms with Gasteiger partial charge in [0.25, 0.3) is 5.92 Å². The Labute approximate surface area is 133 Å². The standard InChI is InChI=1S/C16H19F2NO4/c1-22-14(20)7-13-8-16(17,18)11-19(9-13)15(21)23-10-12-5-3-2-4-6-12/h2-6,13H,7-11H2,1H3. The minimum Gasteiger partial charge on any atom is -0.469 e. The fourth-order valence-electron chi connectivity index (χ4n) is 2.61. The van der Waals surface area contributed by atoms with E-state index >= 15 is 0 Å². The Morgan fingerprint density at radius 3 is 2.65 bits per heavy atom. The van der Waals surface area contributed by atoms with Gasteiger partial charge >= 0.3 is 12.1 Å². The maximum absolute atomic E-state index is 13.8. The summed E-state index contributed by atoms with van der Waals surface area (Å²) in [6.07, 6.45) is -1.39. The number of carbonyl (C=O) groups is 2. The summed E-state index contributed by atoms with van der Waals surface area (Å²) >= 11 is 0. The molecule has 0 radical (unpaired) electrons. The normalized spacial score (nSPS) is 20.0. The lowest BCUT2D eigenvalue weighted by molar-refractivity contribution is -0.144. The molecule has 5 nitrogen and oxygen atoms in total. The number of amides is 1. The van der Waals surface area contributed by atoms with Crippen LogP contribution in [0.2, 0.25) is 0 Å². The first-order valence-electron chi connectivity index (χ1n) is 7.30. The minimum atomic E-state index is -3.04. The number of halogens is 2. The first kappa shape index (κ1) is 17.2. The van der Waals surface area contributed by atoms with E-state index < -0.39 is 36.9 Å². The number of esters is 1. The second kappa shape index (κ2) is 7.39. The highest BCUT2D eigenvalue weighted by Gasteiger charge is 2.43. The molecule has 0 aliphatic carbocycles. The van der Waals surface area contributed by atoms with Crippen molar-refractivity contribution in [3.05, 3.63) is 35.9 Å². The number of carbonyl (C=O) groups excluding carboxylic acids is 2. The zero-order valence-electron chi connectivity index (χ0n) is 12.8. The van der Waals surface area contributed by atoms with Crippen LogP contribution in [0.25, 0.3) is 0 Å². The number of benzene rings is 1. The summed E-state index contributed by atoms with van der Waals surface area (Å²) in [7, 11) is 1.20. The maximum atomic E-state index is 13.8. The van der Waals surface area contributed by atoms with Gasteiger partial charge in [-0.05, 0) is 11.5 Å². The van der Waals surface area contributed by atoms with Gasteiger partial charge in [0, 0.05) is 13.0 Å². The van der Waals surface area contributed by atoms with E-state index in [-0.39, 0.29) is 19.6 Å². The van der Waals surface area contributed by atoms with Gasteiger partial charge in [-0.1, -0.05) is 30.3 Å². The average Bonchev–Trinajstić information content (AvgIpc) is 2.51. The molecular weight excluding hydrogens is 308 g/mol. The summed E-state index contributed by atoms with van der Waals surface area (Å²) in [4.78, 5) is 24.2. The summed E-state index contributed by atoms with van der Waals surface area (Å²) in [5.41, 5.74) is 0.774. The van der Waals surface area contributed by atoms with Gasteiger partial charge in [0.05, 0.1) is 20.1 Å². The highest BCUT2D eigenvalue weighted by atomic mass is 19.3. The Kier molecular flexibility index (Phi) is 5.52. The zero-order chi connectivity index (χ0) is 16.9. The minimum absolute atomic E-state index is 0.0173. The third-order valence-corrected chi connectivity index (χ3v) is 3.63. The first-order valence-corrected chi connectivity index (χ1v) is 7.30. The molecule has 1 saturated heterocycles. The van der Waals surface area contributed by atoms with Gasteiger partial charge in [-0.3, -0.25) is 4.79 Å². The van der Waals surface area contributed by atoms with Crippen LogP contribution in [-0.4, -0.2) is 43.1 Å². The molecule has 1 unspecified atom stereocenters. The van der Waals surface area contributed by atoms with Crippen molar-refractivity contribution in [2.24, 2.45) is 5.92 Å². The number of likely N-dealkylation sites (tertiary alicyclic amines) is 1. The van der Waals surface area contributed by atoms with Crippen LogP contribution in [0.1, 0.15) is 18.4 Å². The Hall–Kier alpha value is -2.18. The monoisotopic (exact) mass is 327 g/mol. The first-order chi connectivity index (χ1) is 10.9. The molecule has 2 rings (SSSR count). The summed E-state index contributed by atoms with van der Waals surface area (Å²) in [6.45, 7) is -0.625. The molecule has 0 N–H and O–H groups in total. The fraction of sp³-hybridized carbons (Fsp3) is 0.500. The van der Waals surface area contributed by atoms with Crippen LogP contribution in [0.4, 0.5) is 13.6 Å². The van der Waals surface area contributed by atoms with Crippen molar-refractivity contribution in [3.63, 3.8) is 0 Å². The molecule has 0 saturated carbocycles. The summed E-state index contributed by atoms with van der Waals surface area (Å²) in [5, 5.41) is 0. The Morgan fingerprint density at radius 1 is 1.30 bits per heavy atom. The number of methoxy groups -OCH3 is 1. The average molecular weight is 327 g/mol. The number of nitrogens with zero attached hydrogens (tertiary/aromatic N) is 1. The predicted molar refractivity (Wildman–Crippen MR) is 77.9 cm³/mol. The molecule has 1 fully saturated rings. The molecule has 1 aliphatic rings. The number of rotatable bonds is 4. The number of piperidine rings is 1. The fourth-order valence-corrected chi connectivity index (χ4v) is 2.61. The molecule has 23 heavy (non-hydrogen) atoms. The molecule has 7 heteroatoms. The smallest absolute Gasteiger partial charge is 0.410 e. The lowest BCUT2D eigenvalue weighted by Crippen LogP contribution is -2.50. The quantitative estimate of drug-likeness (QED) is 0.798. The Morgan fingerprint density at radius 2 is 2.00 bits per heavy atom. The molecule has 0 spiro atoms. The lowest BCUT2D eigenvalue weighted by atomic mass is 9.92. The van der Waals surface area contributed by atoms with Gasteiger partial charge in [-0.25, -0.2) is 13.6 Å². The molecule has 1 heterocycles. The van der Waals surface area contributed by atoms with Crippen LogP contribution < -0.4 is 0 Å². The second-order valence-electron chi connectivity index (χ2n) is 5.63. The van der Waals surface area contributed by atoms with Crippen LogP contribution in [0.15, 0.2) is 30.3 Å². The van der Waals surface area contributed by atoms with E-state index in [0.29, 0.717) is 0 Å². The number of hydrogen-bond acceptors (Lipinski definition) is 4. The summed E-state index contributed by atoms with van der Waals surface area (Å²) < 4.78 is 37.1. The van der Waals surface area contributed by atoms with Crippen molar-refractivity contribution in [1.29, 1.82) is 0 Å². The summed E-state index contributed by atoms with van der Waals surface area (Å²) in [6, 6.07) is 8.97. The van der Waals surface area contributed by atoms with Crippen molar-refractivity contribution >= 4 is 12.1 Å². The maximum Gasteiger partial charge on any atom is 0.410 e. The van der Waals surface area contributed by atoms with E-state index in [1.54, 1.807) is 24.3 Å². The summed E-state index contributed by atoms with van der Waals surface area (Å²) in [5.74, 6) is -4.25. The van der Waals surface area contributed by atoms with Gasteiger partial charge in [-0.2, -0.15) is 0 Å². The molecule has 0 aromatic heterocycles. The van der Waals surface area contributed by atoms with Crippen molar-refractivity contribution in [2.45, 2.75) is 25.4 Å². The topological polar surface area (TPSA) is 55.8 Å². The third-order valence-electron chi connectivity index (χ3n) is 3.63.